The second kappa shape index (κ2) is 5.52. The Morgan fingerprint density at radius 1 is 1.29 bits per heavy atom. The number of para-hydroxylation sites is 1. The van der Waals surface area contributed by atoms with Crippen LogP contribution in [-0.4, -0.2) is 30.4 Å². The van der Waals surface area contributed by atoms with Crippen LogP contribution in [0.4, 0.5) is 0 Å². The second-order valence-electron chi connectivity index (χ2n) is 5.24. The van der Waals surface area contributed by atoms with E-state index in [2.05, 4.69) is 15.6 Å². The number of hydrogen-bond donors (Lipinski definition) is 2. The number of likely N-dealkylation sites (N-methyl/N-ethyl adjacent to an activating group) is 1. The first-order chi connectivity index (χ1) is 10.2. The van der Waals surface area contributed by atoms with E-state index in [9.17, 15) is 9.59 Å². The molecule has 1 saturated carbocycles. The Morgan fingerprint density at radius 3 is 2.76 bits per heavy atom. The smallest absolute Gasteiger partial charge is 0.252 e. The number of carbonyl (C=O) groups is 2. The molecule has 0 bridgehead atoms. The van der Waals surface area contributed by atoms with E-state index in [1.54, 1.807) is 7.05 Å². The fourth-order valence-corrected chi connectivity index (χ4v) is 2.32. The zero-order chi connectivity index (χ0) is 14.8. The van der Waals surface area contributed by atoms with Crippen LogP contribution in [0.25, 0.3) is 10.9 Å². The minimum absolute atomic E-state index is 0.0231. The lowest BCUT2D eigenvalue weighted by Crippen LogP contribution is -2.35. The van der Waals surface area contributed by atoms with E-state index in [1.165, 1.54) is 0 Å². The molecule has 5 nitrogen and oxygen atoms in total. The molecule has 1 aliphatic carbocycles. The molecule has 0 radical (unpaired) electrons. The molecule has 1 aromatic carbocycles. The van der Waals surface area contributed by atoms with Gasteiger partial charge in [0, 0.05) is 24.0 Å². The van der Waals surface area contributed by atoms with Crippen LogP contribution in [0.2, 0.25) is 0 Å². The Labute approximate surface area is 122 Å². The van der Waals surface area contributed by atoms with Gasteiger partial charge in [0.05, 0.1) is 17.6 Å². The van der Waals surface area contributed by atoms with E-state index in [0.29, 0.717) is 11.5 Å². The molecule has 0 aliphatic heterocycles. The molecular formula is C16H17N3O2. The van der Waals surface area contributed by atoms with Crippen molar-refractivity contribution in [1.82, 2.24) is 15.6 Å². The molecule has 3 rings (SSSR count). The van der Waals surface area contributed by atoms with Gasteiger partial charge in [-0.15, -0.1) is 0 Å². The number of carbonyl (C=O) groups excluding carboxylic acids is 2. The quantitative estimate of drug-likeness (QED) is 0.895. The summed E-state index contributed by atoms with van der Waals surface area (Å²) in [6.07, 6.45) is 2.26. The van der Waals surface area contributed by atoms with Gasteiger partial charge in [-0.1, -0.05) is 18.2 Å². The maximum atomic E-state index is 12.4. The fourth-order valence-electron chi connectivity index (χ4n) is 2.32. The molecule has 1 fully saturated rings. The summed E-state index contributed by atoms with van der Waals surface area (Å²) in [4.78, 5) is 28.2. The average Bonchev–Trinajstić information content (AvgIpc) is 3.36. The third-order valence-corrected chi connectivity index (χ3v) is 3.66. The Balaban J connectivity index is 1.95. The first-order valence-electron chi connectivity index (χ1n) is 7.07. The van der Waals surface area contributed by atoms with Crippen molar-refractivity contribution >= 4 is 22.7 Å². The van der Waals surface area contributed by atoms with Crippen molar-refractivity contribution in [3.05, 3.63) is 41.6 Å². The summed E-state index contributed by atoms with van der Waals surface area (Å²) in [6.45, 7) is -0.0231. The van der Waals surface area contributed by atoms with E-state index in [4.69, 9.17) is 0 Å². The molecule has 1 heterocycles. The van der Waals surface area contributed by atoms with Crippen LogP contribution >= 0.6 is 0 Å². The fraction of sp³-hybridized carbons (Fsp3) is 0.312. The van der Waals surface area contributed by atoms with Crippen molar-refractivity contribution in [2.24, 2.45) is 0 Å². The molecule has 0 spiro atoms. The van der Waals surface area contributed by atoms with E-state index in [0.717, 1.165) is 29.4 Å². The number of aromatic nitrogens is 1. The van der Waals surface area contributed by atoms with Gasteiger partial charge in [0.1, 0.15) is 0 Å². The van der Waals surface area contributed by atoms with Gasteiger partial charge in [-0.2, -0.15) is 0 Å². The Hall–Kier alpha value is -2.43. The summed E-state index contributed by atoms with van der Waals surface area (Å²) in [5.74, 6) is 0.0170. The van der Waals surface area contributed by atoms with E-state index < -0.39 is 0 Å². The van der Waals surface area contributed by atoms with Crippen molar-refractivity contribution in [1.29, 1.82) is 0 Å². The van der Waals surface area contributed by atoms with Gasteiger partial charge < -0.3 is 10.6 Å². The third-order valence-electron chi connectivity index (χ3n) is 3.66. The number of hydrogen-bond acceptors (Lipinski definition) is 3. The maximum absolute atomic E-state index is 12.4. The number of fused-ring (bicyclic) bond motifs is 1. The number of rotatable bonds is 4. The first-order valence-corrected chi connectivity index (χ1v) is 7.07. The highest BCUT2D eigenvalue weighted by Crippen LogP contribution is 2.40. The van der Waals surface area contributed by atoms with Gasteiger partial charge in [-0.05, 0) is 25.0 Å². The topological polar surface area (TPSA) is 71.1 Å². The lowest BCUT2D eigenvalue weighted by Gasteiger charge is -2.09. The summed E-state index contributed by atoms with van der Waals surface area (Å²) >= 11 is 0. The Kier molecular flexibility index (Phi) is 3.56. The summed E-state index contributed by atoms with van der Waals surface area (Å²) in [5.41, 5.74) is 2.39. The van der Waals surface area contributed by atoms with Gasteiger partial charge in [0.2, 0.25) is 5.91 Å². The predicted molar refractivity (Wildman–Crippen MR) is 80.1 cm³/mol. The van der Waals surface area contributed by atoms with Crippen LogP contribution in [0.3, 0.4) is 0 Å². The van der Waals surface area contributed by atoms with Gasteiger partial charge in [0.15, 0.2) is 0 Å². The third kappa shape index (κ3) is 2.86. The van der Waals surface area contributed by atoms with Crippen molar-refractivity contribution in [2.75, 3.05) is 13.6 Å². The monoisotopic (exact) mass is 283 g/mol. The van der Waals surface area contributed by atoms with Gasteiger partial charge >= 0.3 is 0 Å². The summed E-state index contributed by atoms with van der Waals surface area (Å²) in [6, 6.07) is 9.46. The van der Waals surface area contributed by atoms with Crippen LogP contribution in [0.1, 0.15) is 34.8 Å². The zero-order valence-electron chi connectivity index (χ0n) is 11.8. The molecule has 0 atom stereocenters. The molecule has 1 aliphatic rings. The van der Waals surface area contributed by atoms with E-state index in [1.807, 2.05) is 30.3 Å². The SMILES string of the molecule is CNC(=O)CNC(=O)c1cc(C2CC2)nc2ccccc12. The normalized spacial score (nSPS) is 14.0. The Bertz CT molecular complexity index is 708. The van der Waals surface area contributed by atoms with Crippen LogP contribution in [-0.2, 0) is 4.79 Å². The average molecular weight is 283 g/mol. The number of pyridine rings is 1. The molecule has 1 aromatic heterocycles. The first kappa shape index (κ1) is 13.5. The summed E-state index contributed by atoms with van der Waals surface area (Å²) in [5, 5.41) is 5.95. The van der Waals surface area contributed by atoms with Crippen molar-refractivity contribution in [3.8, 4) is 0 Å². The maximum Gasteiger partial charge on any atom is 0.252 e. The zero-order valence-corrected chi connectivity index (χ0v) is 11.8. The summed E-state index contributed by atoms with van der Waals surface area (Å²) in [7, 11) is 1.54. The molecule has 5 heteroatoms. The largest absolute Gasteiger partial charge is 0.358 e. The second-order valence-corrected chi connectivity index (χ2v) is 5.24. The number of nitrogens with zero attached hydrogens (tertiary/aromatic N) is 1. The van der Waals surface area contributed by atoms with Crippen molar-refractivity contribution in [3.63, 3.8) is 0 Å². The highest BCUT2D eigenvalue weighted by Gasteiger charge is 2.26. The molecule has 2 aromatic rings. The summed E-state index contributed by atoms with van der Waals surface area (Å²) < 4.78 is 0. The lowest BCUT2D eigenvalue weighted by atomic mass is 10.1. The molecule has 21 heavy (non-hydrogen) atoms. The number of nitrogens with one attached hydrogen (secondary N) is 2. The van der Waals surface area contributed by atoms with E-state index in [-0.39, 0.29) is 18.4 Å². The van der Waals surface area contributed by atoms with Gasteiger partial charge in [-0.25, -0.2) is 0 Å². The Morgan fingerprint density at radius 2 is 2.05 bits per heavy atom. The van der Waals surface area contributed by atoms with Crippen molar-refractivity contribution in [2.45, 2.75) is 18.8 Å². The minimum atomic E-state index is -0.237. The molecular weight excluding hydrogens is 266 g/mol. The van der Waals surface area contributed by atoms with Crippen LogP contribution in [0.15, 0.2) is 30.3 Å². The molecule has 2 N–H and O–H groups in total. The molecule has 0 unspecified atom stereocenters. The number of benzene rings is 1. The van der Waals surface area contributed by atoms with Gasteiger partial charge in [0.25, 0.3) is 5.91 Å². The van der Waals surface area contributed by atoms with Crippen LogP contribution < -0.4 is 10.6 Å². The number of amides is 2. The van der Waals surface area contributed by atoms with Crippen LogP contribution in [0, 0.1) is 0 Å². The molecule has 0 saturated heterocycles. The van der Waals surface area contributed by atoms with E-state index >= 15 is 0 Å². The highest BCUT2D eigenvalue weighted by molar-refractivity contribution is 6.07. The standard InChI is InChI=1S/C16H17N3O2/c1-17-15(20)9-18-16(21)12-8-14(10-6-7-10)19-13-5-3-2-4-11(12)13/h2-5,8,10H,6-7,9H2,1H3,(H,17,20)(H,18,21). The van der Waals surface area contributed by atoms with Gasteiger partial charge in [-0.3, -0.25) is 14.6 Å². The van der Waals surface area contributed by atoms with Crippen molar-refractivity contribution < 1.29 is 9.59 Å². The molecule has 108 valence electrons. The predicted octanol–water partition coefficient (Wildman–Crippen LogP) is 1.59. The highest BCUT2D eigenvalue weighted by atomic mass is 16.2. The minimum Gasteiger partial charge on any atom is -0.358 e. The molecule has 2 amide bonds. The lowest BCUT2D eigenvalue weighted by molar-refractivity contribution is -0.119. The van der Waals surface area contributed by atoms with Crippen LogP contribution in [0.5, 0.6) is 0 Å².